The number of rotatable bonds is 4. The summed E-state index contributed by atoms with van der Waals surface area (Å²) in [5.74, 6) is -0.518. The van der Waals surface area contributed by atoms with E-state index in [0.717, 1.165) is 21.9 Å². The van der Waals surface area contributed by atoms with Gasteiger partial charge in [-0.15, -0.1) is 0 Å². The molecule has 1 unspecified atom stereocenters. The Balaban J connectivity index is 1.86. The van der Waals surface area contributed by atoms with Crippen molar-refractivity contribution in [3.63, 3.8) is 0 Å². The van der Waals surface area contributed by atoms with Gasteiger partial charge in [0.1, 0.15) is 11.8 Å². The Labute approximate surface area is 163 Å². The fourth-order valence-electron chi connectivity index (χ4n) is 3.43. The Morgan fingerprint density at radius 2 is 2.00 bits per heavy atom. The number of nitrogens with zero attached hydrogens (tertiary/aromatic N) is 3. The fourth-order valence-corrected chi connectivity index (χ4v) is 3.97. The van der Waals surface area contributed by atoms with Crippen molar-refractivity contribution >= 4 is 38.9 Å². The largest absolute Gasteiger partial charge is 0.612 e. The molecule has 2 aromatic carbocycles. The molecule has 2 heterocycles. The molecule has 0 saturated heterocycles. The predicted octanol–water partition coefficient (Wildman–Crippen LogP) is 1.77. The van der Waals surface area contributed by atoms with Crippen molar-refractivity contribution in [3.05, 3.63) is 70.1 Å². The number of carbonyl (C=O) groups is 1. The molecule has 0 aliphatic heterocycles. The number of benzene rings is 2. The van der Waals surface area contributed by atoms with Crippen LogP contribution >= 0.6 is 0 Å². The van der Waals surface area contributed by atoms with Crippen LogP contribution in [-0.2, 0) is 24.8 Å². The van der Waals surface area contributed by atoms with Crippen molar-refractivity contribution in [2.24, 2.45) is 12.8 Å². The van der Waals surface area contributed by atoms with Gasteiger partial charge in [0.25, 0.3) is 5.56 Å². The molecule has 28 heavy (non-hydrogen) atoms. The van der Waals surface area contributed by atoms with Gasteiger partial charge in [0, 0.05) is 35.0 Å². The molecule has 4 aromatic rings. The minimum atomic E-state index is -1.11. The lowest BCUT2D eigenvalue weighted by Crippen LogP contribution is -2.24. The van der Waals surface area contributed by atoms with Crippen molar-refractivity contribution in [2.45, 2.75) is 11.4 Å². The number of primary amides is 1. The average Bonchev–Trinajstić information content (AvgIpc) is 2.96. The van der Waals surface area contributed by atoms with E-state index in [1.54, 1.807) is 36.7 Å². The van der Waals surface area contributed by atoms with Gasteiger partial charge in [-0.2, -0.15) is 5.10 Å². The van der Waals surface area contributed by atoms with E-state index in [1.165, 1.54) is 4.68 Å². The Morgan fingerprint density at radius 3 is 2.71 bits per heavy atom. The zero-order chi connectivity index (χ0) is 20.0. The highest BCUT2D eigenvalue weighted by atomic mass is 32.2. The molecule has 2 aromatic heterocycles. The highest BCUT2D eigenvalue weighted by Gasteiger charge is 2.16. The molecule has 0 aliphatic carbocycles. The summed E-state index contributed by atoms with van der Waals surface area (Å²) in [5, 5.41) is 5.88. The van der Waals surface area contributed by atoms with Crippen LogP contribution < -0.4 is 11.3 Å². The second kappa shape index (κ2) is 6.81. The quantitative estimate of drug-likeness (QED) is 0.533. The van der Waals surface area contributed by atoms with Gasteiger partial charge in [0.2, 0.25) is 5.91 Å². The van der Waals surface area contributed by atoms with Crippen LogP contribution in [0.1, 0.15) is 15.9 Å². The molecule has 0 spiro atoms. The second-order valence-corrected chi connectivity index (χ2v) is 8.01. The molecule has 2 N–H and O–H groups in total. The topological polar surface area (TPSA) is 106 Å². The van der Waals surface area contributed by atoms with E-state index in [4.69, 9.17) is 5.73 Å². The highest BCUT2D eigenvalue weighted by Crippen LogP contribution is 2.27. The van der Waals surface area contributed by atoms with Crippen LogP contribution in [-0.4, -0.2) is 31.1 Å². The van der Waals surface area contributed by atoms with Gasteiger partial charge in [-0.05, 0) is 41.0 Å². The van der Waals surface area contributed by atoms with Crippen molar-refractivity contribution in [1.29, 1.82) is 0 Å². The van der Waals surface area contributed by atoms with Crippen LogP contribution in [0.4, 0.5) is 0 Å². The Bertz CT molecular complexity index is 1290. The smallest absolute Gasteiger partial charge is 0.291 e. The summed E-state index contributed by atoms with van der Waals surface area (Å²) in [5.41, 5.74) is 7.63. The third-order valence-corrected chi connectivity index (χ3v) is 5.77. The molecule has 1 amide bonds. The SMILES string of the molecule is Cn1c2ccc([S+](C)[O-])cc2c2cnn(Cc3cccc(C(N)=O)c3)c(=O)c21. The van der Waals surface area contributed by atoms with Crippen molar-refractivity contribution < 1.29 is 9.35 Å². The van der Waals surface area contributed by atoms with Crippen LogP contribution in [0.5, 0.6) is 0 Å². The van der Waals surface area contributed by atoms with Crippen molar-refractivity contribution in [2.75, 3.05) is 6.26 Å². The molecular formula is C20H18N4O3S. The molecule has 7 nitrogen and oxygen atoms in total. The molecule has 4 rings (SSSR count). The monoisotopic (exact) mass is 394 g/mol. The average molecular weight is 394 g/mol. The zero-order valence-electron chi connectivity index (χ0n) is 15.4. The number of aryl methyl sites for hydroxylation is 1. The molecule has 142 valence electrons. The molecule has 1 atom stereocenters. The molecule has 0 aliphatic rings. The summed E-state index contributed by atoms with van der Waals surface area (Å²) in [6.45, 7) is 0.224. The number of aromatic nitrogens is 3. The molecule has 8 heteroatoms. The van der Waals surface area contributed by atoms with Crippen LogP contribution in [0.15, 0.2) is 58.4 Å². The minimum absolute atomic E-state index is 0.224. The first kappa shape index (κ1) is 18.3. The van der Waals surface area contributed by atoms with E-state index in [1.807, 2.05) is 29.8 Å². The second-order valence-electron chi connectivity index (χ2n) is 6.63. The summed E-state index contributed by atoms with van der Waals surface area (Å²) >= 11 is -1.11. The Hall–Kier alpha value is -3.10. The van der Waals surface area contributed by atoms with Crippen LogP contribution in [0, 0.1) is 0 Å². The molecule has 0 bridgehead atoms. The number of carbonyl (C=O) groups excluding carboxylic acids is 1. The molecule has 0 fully saturated rings. The molecule has 0 radical (unpaired) electrons. The number of fused-ring (bicyclic) bond motifs is 3. The van der Waals surface area contributed by atoms with Crippen molar-refractivity contribution in [1.82, 2.24) is 14.3 Å². The maximum Gasteiger partial charge on any atom is 0.291 e. The number of nitrogens with two attached hydrogens (primary N) is 1. The van der Waals surface area contributed by atoms with E-state index in [-0.39, 0.29) is 12.1 Å². The lowest BCUT2D eigenvalue weighted by Gasteiger charge is -2.06. The lowest BCUT2D eigenvalue weighted by molar-refractivity contribution is 0.1000. The first-order chi connectivity index (χ1) is 13.4. The Morgan fingerprint density at radius 1 is 1.21 bits per heavy atom. The summed E-state index contributed by atoms with van der Waals surface area (Å²) in [4.78, 5) is 25.2. The summed E-state index contributed by atoms with van der Waals surface area (Å²) in [6.07, 6.45) is 3.27. The standard InChI is InChI=1S/C20H18N4O3S/c1-23-17-7-6-14(28(2)27)9-15(17)16-10-22-24(20(26)18(16)23)11-12-4-3-5-13(8-12)19(21)25/h3-10H,11H2,1-2H3,(H2,21,25). The van der Waals surface area contributed by atoms with Gasteiger partial charge >= 0.3 is 0 Å². The Kier molecular flexibility index (Phi) is 4.44. The summed E-state index contributed by atoms with van der Waals surface area (Å²) in [6, 6.07) is 12.3. The number of hydrogen-bond acceptors (Lipinski definition) is 4. The van der Waals surface area contributed by atoms with Gasteiger partial charge in [-0.3, -0.25) is 9.59 Å². The van der Waals surface area contributed by atoms with E-state index >= 15 is 0 Å². The van der Waals surface area contributed by atoms with Crippen LogP contribution in [0.3, 0.4) is 0 Å². The van der Waals surface area contributed by atoms with Crippen LogP contribution in [0.25, 0.3) is 21.8 Å². The van der Waals surface area contributed by atoms with E-state index in [2.05, 4.69) is 5.10 Å². The van der Waals surface area contributed by atoms with Gasteiger partial charge in [-0.1, -0.05) is 12.1 Å². The van der Waals surface area contributed by atoms with Gasteiger partial charge in [-0.25, -0.2) is 4.68 Å². The van der Waals surface area contributed by atoms with Crippen LogP contribution in [0.2, 0.25) is 0 Å². The highest BCUT2D eigenvalue weighted by molar-refractivity contribution is 7.90. The maximum absolute atomic E-state index is 13.1. The summed E-state index contributed by atoms with van der Waals surface area (Å²) in [7, 11) is 1.83. The van der Waals surface area contributed by atoms with Gasteiger partial charge in [0.15, 0.2) is 4.90 Å². The summed E-state index contributed by atoms with van der Waals surface area (Å²) < 4.78 is 15.0. The minimum Gasteiger partial charge on any atom is -0.612 e. The third-order valence-electron chi connectivity index (χ3n) is 4.85. The molecule has 0 saturated carbocycles. The number of amides is 1. The first-order valence-electron chi connectivity index (χ1n) is 8.57. The maximum atomic E-state index is 13.1. The zero-order valence-corrected chi connectivity index (χ0v) is 16.2. The van der Waals surface area contributed by atoms with E-state index in [0.29, 0.717) is 16.0 Å². The third kappa shape index (κ3) is 2.96. The lowest BCUT2D eigenvalue weighted by atomic mass is 10.1. The van der Waals surface area contributed by atoms with E-state index in [9.17, 15) is 14.1 Å². The van der Waals surface area contributed by atoms with Gasteiger partial charge < -0.3 is 14.9 Å². The first-order valence-corrected chi connectivity index (χ1v) is 10.1. The van der Waals surface area contributed by atoms with E-state index < -0.39 is 17.1 Å². The van der Waals surface area contributed by atoms with Gasteiger partial charge in [0.05, 0.1) is 12.7 Å². The van der Waals surface area contributed by atoms with Crippen molar-refractivity contribution in [3.8, 4) is 0 Å². The normalized spacial score (nSPS) is 12.5. The molecular weight excluding hydrogens is 376 g/mol. The number of hydrogen-bond donors (Lipinski definition) is 1. The predicted molar refractivity (Wildman–Crippen MR) is 109 cm³/mol. The fraction of sp³-hybridized carbons (Fsp3) is 0.150.